The lowest BCUT2D eigenvalue weighted by Crippen LogP contribution is -2.32. The molecule has 128 valence electrons. The summed E-state index contributed by atoms with van der Waals surface area (Å²) in [7, 11) is 0. The lowest BCUT2D eigenvalue weighted by Gasteiger charge is -2.11. The molecule has 0 saturated heterocycles. The predicted octanol–water partition coefficient (Wildman–Crippen LogP) is 3.97. The van der Waals surface area contributed by atoms with Gasteiger partial charge in [0, 0.05) is 5.56 Å². The van der Waals surface area contributed by atoms with Gasteiger partial charge in [0.1, 0.15) is 5.76 Å². The minimum Gasteiger partial charge on any atom is -0.449 e. The molecule has 0 spiro atoms. The first-order chi connectivity index (χ1) is 12.6. The molecule has 1 aliphatic heterocycles. The van der Waals surface area contributed by atoms with Crippen LogP contribution < -0.4 is 0 Å². The number of furan rings is 1. The Bertz CT molecular complexity index is 1020. The van der Waals surface area contributed by atoms with E-state index in [0.717, 1.165) is 0 Å². The van der Waals surface area contributed by atoms with E-state index in [4.69, 9.17) is 20.9 Å². The molecule has 2 heterocycles. The smallest absolute Gasteiger partial charge is 0.399 e. The van der Waals surface area contributed by atoms with Crippen LogP contribution in [-0.4, -0.2) is 22.8 Å². The molecule has 0 fully saturated rings. The van der Waals surface area contributed by atoms with Gasteiger partial charge in [-0.25, -0.2) is 4.79 Å². The third-order valence-corrected chi connectivity index (χ3v) is 4.21. The molecule has 0 atom stereocenters. The second-order valence-electron chi connectivity index (χ2n) is 5.47. The van der Waals surface area contributed by atoms with E-state index < -0.39 is 17.8 Å². The number of carbonyl (C=O) groups excluding carboxylic acids is 3. The number of halogens is 1. The number of fused-ring (bicyclic) bond motifs is 1. The van der Waals surface area contributed by atoms with Crippen molar-refractivity contribution in [3.8, 4) is 11.3 Å². The molecule has 1 aliphatic rings. The van der Waals surface area contributed by atoms with Gasteiger partial charge in [-0.3, -0.25) is 9.59 Å². The Morgan fingerprint density at radius 2 is 1.42 bits per heavy atom. The number of hydroxylamine groups is 2. The fourth-order valence-corrected chi connectivity index (χ4v) is 2.86. The summed E-state index contributed by atoms with van der Waals surface area (Å²) >= 11 is 6.10. The van der Waals surface area contributed by atoms with Crippen LogP contribution in [0, 0.1) is 0 Å². The number of hydrogen-bond acceptors (Lipinski definition) is 5. The van der Waals surface area contributed by atoms with Crippen LogP contribution in [0.3, 0.4) is 0 Å². The summed E-state index contributed by atoms with van der Waals surface area (Å²) in [4.78, 5) is 41.7. The van der Waals surface area contributed by atoms with Gasteiger partial charge in [-0.1, -0.05) is 40.9 Å². The largest absolute Gasteiger partial charge is 0.449 e. The van der Waals surface area contributed by atoms with Crippen LogP contribution in [0.1, 0.15) is 31.3 Å². The number of hydrogen-bond donors (Lipinski definition) is 0. The highest BCUT2D eigenvalue weighted by Gasteiger charge is 2.39. The van der Waals surface area contributed by atoms with Crippen LogP contribution in [0.2, 0.25) is 5.02 Å². The van der Waals surface area contributed by atoms with E-state index in [-0.39, 0.29) is 16.9 Å². The molecule has 7 heteroatoms. The van der Waals surface area contributed by atoms with Crippen molar-refractivity contribution in [1.29, 1.82) is 0 Å². The molecule has 4 rings (SSSR count). The number of imide groups is 1. The van der Waals surface area contributed by atoms with Crippen LogP contribution in [0.25, 0.3) is 11.3 Å². The quantitative estimate of drug-likeness (QED) is 0.655. The van der Waals surface area contributed by atoms with Crippen molar-refractivity contribution in [2.75, 3.05) is 0 Å². The summed E-state index contributed by atoms with van der Waals surface area (Å²) in [6.45, 7) is 0. The zero-order valence-corrected chi connectivity index (χ0v) is 13.9. The monoisotopic (exact) mass is 367 g/mol. The highest BCUT2D eigenvalue weighted by molar-refractivity contribution is 6.33. The van der Waals surface area contributed by atoms with Crippen molar-refractivity contribution in [3.63, 3.8) is 0 Å². The van der Waals surface area contributed by atoms with Gasteiger partial charge in [-0.05, 0) is 36.4 Å². The molecule has 0 unspecified atom stereocenters. The Labute approximate surface area is 152 Å². The Hall–Kier alpha value is -3.38. The second kappa shape index (κ2) is 6.16. The number of amides is 2. The Balaban J connectivity index is 1.56. The lowest BCUT2D eigenvalue weighted by molar-refractivity contribution is -0.0602. The SMILES string of the molecule is O=C(ON1C(=O)c2ccccc2C1=O)c1ccc(-c2ccccc2Cl)o1. The van der Waals surface area contributed by atoms with Crippen LogP contribution in [0.4, 0.5) is 0 Å². The summed E-state index contributed by atoms with van der Waals surface area (Å²) < 4.78 is 5.46. The van der Waals surface area contributed by atoms with Crippen molar-refractivity contribution in [3.05, 3.63) is 82.6 Å². The molecule has 0 aliphatic carbocycles. The highest BCUT2D eigenvalue weighted by atomic mass is 35.5. The molecule has 2 amide bonds. The van der Waals surface area contributed by atoms with Gasteiger partial charge in [0.25, 0.3) is 11.8 Å². The Morgan fingerprint density at radius 1 is 0.846 bits per heavy atom. The van der Waals surface area contributed by atoms with E-state index in [2.05, 4.69) is 0 Å². The number of carbonyl (C=O) groups is 3. The fourth-order valence-electron chi connectivity index (χ4n) is 2.63. The maximum Gasteiger partial charge on any atom is 0.399 e. The summed E-state index contributed by atoms with van der Waals surface area (Å²) in [6.07, 6.45) is 0. The van der Waals surface area contributed by atoms with E-state index in [1.165, 1.54) is 18.2 Å². The minimum atomic E-state index is -0.960. The maximum atomic E-state index is 12.3. The van der Waals surface area contributed by atoms with Crippen LogP contribution in [0.5, 0.6) is 0 Å². The van der Waals surface area contributed by atoms with Crippen molar-refractivity contribution >= 4 is 29.4 Å². The third-order valence-electron chi connectivity index (χ3n) is 3.88. The van der Waals surface area contributed by atoms with Gasteiger partial charge < -0.3 is 9.25 Å². The normalized spacial score (nSPS) is 13.0. The van der Waals surface area contributed by atoms with Gasteiger partial charge in [-0.2, -0.15) is 0 Å². The Kier molecular flexibility index (Phi) is 3.82. The first-order valence-corrected chi connectivity index (χ1v) is 7.99. The Morgan fingerprint density at radius 3 is 2.04 bits per heavy atom. The van der Waals surface area contributed by atoms with Crippen molar-refractivity contribution in [1.82, 2.24) is 5.06 Å². The summed E-state index contributed by atoms with van der Waals surface area (Å²) in [5.74, 6) is -2.15. The van der Waals surface area contributed by atoms with E-state index in [1.807, 2.05) is 0 Å². The molecule has 0 saturated carbocycles. The number of nitrogens with zero attached hydrogens (tertiary/aromatic N) is 1. The first-order valence-electron chi connectivity index (χ1n) is 7.61. The summed E-state index contributed by atoms with van der Waals surface area (Å²) in [5, 5.41) is 0.895. The van der Waals surface area contributed by atoms with Crippen molar-refractivity contribution in [2.24, 2.45) is 0 Å². The van der Waals surface area contributed by atoms with E-state index in [9.17, 15) is 14.4 Å². The summed E-state index contributed by atoms with van der Waals surface area (Å²) in [5.41, 5.74) is 0.969. The zero-order valence-electron chi connectivity index (χ0n) is 13.1. The predicted molar refractivity (Wildman–Crippen MR) is 91.5 cm³/mol. The van der Waals surface area contributed by atoms with Gasteiger partial charge >= 0.3 is 5.97 Å². The molecule has 6 nitrogen and oxygen atoms in total. The van der Waals surface area contributed by atoms with Crippen LogP contribution in [0.15, 0.2) is 65.1 Å². The fraction of sp³-hybridized carbons (Fsp3) is 0. The molecule has 0 bridgehead atoms. The minimum absolute atomic E-state index is 0.156. The molecule has 26 heavy (non-hydrogen) atoms. The van der Waals surface area contributed by atoms with E-state index >= 15 is 0 Å². The van der Waals surface area contributed by atoms with Gasteiger partial charge in [0.05, 0.1) is 16.1 Å². The molecule has 1 aromatic heterocycles. The number of benzene rings is 2. The van der Waals surface area contributed by atoms with E-state index in [0.29, 0.717) is 21.4 Å². The first kappa shape index (κ1) is 16.1. The zero-order chi connectivity index (χ0) is 18.3. The van der Waals surface area contributed by atoms with Crippen molar-refractivity contribution < 1.29 is 23.6 Å². The highest BCUT2D eigenvalue weighted by Crippen LogP contribution is 2.30. The molecular formula is C19H10ClNO5. The second-order valence-corrected chi connectivity index (χ2v) is 5.88. The topological polar surface area (TPSA) is 76.8 Å². The molecule has 0 radical (unpaired) electrons. The van der Waals surface area contributed by atoms with Gasteiger partial charge in [0.2, 0.25) is 5.76 Å². The van der Waals surface area contributed by atoms with Crippen LogP contribution in [-0.2, 0) is 4.84 Å². The van der Waals surface area contributed by atoms with Gasteiger partial charge in [-0.15, -0.1) is 0 Å². The third kappa shape index (κ3) is 2.57. The molecule has 2 aromatic carbocycles. The van der Waals surface area contributed by atoms with Gasteiger partial charge in [0.15, 0.2) is 0 Å². The summed E-state index contributed by atoms with van der Waals surface area (Å²) in [6, 6.07) is 16.1. The maximum absolute atomic E-state index is 12.3. The number of rotatable bonds is 3. The molecule has 3 aromatic rings. The van der Waals surface area contributed by atoms with Crippen molar-refractivity contribution in [2.45, 2.75) is 0 Å². The standard InChI is InChI=1S/C19H10ClNO5/c20-14-8-4-3-7-13(14)15-9-10-16(25-15)19(24)26-21-17(22)11-5-1-2-6-12(11)18(21)23/h1-10H. The average molecular weight is 368 g/mol. The average Bonchev–Trinajstić information content (AvgIpc) is 3.23. The van der Waals surface area contributed by atoms with Crippen LogP contribution >= 0.6 is 11.6 Å². The molecular weight excluding hydrogens is 358 g/mol. The van der Waals surface area contributed by atoms with E-state index in [1.54, 1.807) is 42.5 Å². The lowest BCUT2D eigenvalue weighted by atomic mass is 10.1. The molecule has 0 N–H and O–H groups in total.